The van der Waals surface area contributed by atoms with Gasteiger partial charge in [0.25, 0.3) is 0 Å². The molecule has 1 fully saturated rings. The molecular formula is C9H14N4O. The lowest BCUT2D eigenvalue weighted by molar-refractivity contribution is 0.127. The van der Waals surface area contributed by atoms with Crippen LogP contribution in [0.3, 0.4) is 0 Å². The quantitative estimate of drug-likeness (QED) is 0.666. The SMILES string of the molecule is C/C=C/n1cnn(C2CN(C)C2)c1=O. The first-order valence-corrected chi connectivity index (χ1v) is 4.69. The fourth-order valence-electron chi connectivity index (χ4n) is 1.66. The summed E-state index contributed by atoms with van der Waals surface area (Å²) in [5.41, 5.74) is -0.0544. The summed E-state index contributed by atoms with van der Waals surface area (Å²) >= 11 is 0. The fourth-order valence-corrected chi connectivity index (χ4v) is 1.66. The third kappa shape index (κ3) is 1.39. The van der Waals surface area contributed by atoms with Crippen molar-refractivity contribution in [1.29, 1.82) is 0 Å². The van der Waals surface area contributed by atoms with Crippen molar-refractivity contribution in [3.8, 4) is 0 Å². The van der Waals surface area contributed by atoms with Crippen molar-refractivity contribution in [2.45, 2.75) is 13.0 Å². The van der Waals surface area contributed by atoms with Crippen LogP contribution in [0.5, 0.6) is 0 Å². The molecule has 0 radical (unpaired) electrons. The van der Waals surface area contributed by atoms with Crippen LogP contribution < -0.4 is 5.69 Å². The van der Waals surface area contributed by atoms with Gasteiger partial charge in [0.05, 0.1) is 6.04 Å². The van der Waals surface area contributed by atoms with E-state index in [2.05, 4.69) is 10.00 Å². The van der Waals surface area contributed by atoms with E-state index < -0.39 is 0 Å². The van der Waals surface area contributed by atoms with Gasteiger partial charge in [-0.15, -0.1) is 0 Å². The van der Waals surface area contributed by atoms with Crippen LogP contribution in [0.1, 0.15) is 13.0 Å². The first kappa shape index (κ1) is 9.21. The van der Waals surface area contributed by atoms with E-state index in [1.54, 1.807) is 17.2 Å². The summed E-state index contributed by atoms with van der Waals surface area (Å²) in [5, 5.41) is 4.08. The first-order chi connectivity index (χ1) is 6.72. The van der Waals surface area contributed by atoms with Crippen molar-refractivity contribution in [2.75, 3.05) is 20.1 Å². The molecule has 0 N–H and O–H groups in total. The third-order valence-corrected chi connectivity index (χ3v) is 2.42. The molecule has 0 amide bonds. The molecule has 0 aromatic carbocycles. The molecule has 5 nitrogen and oxygen atoms in total. The van der Waals surface area contributed by atoms with E-state index in [-0.39, 0.29) is 11.7 Å². The largest absolute Gasteiger partial charge is 0.350 e. The minimum Gasteiger partial charge on any atom is -0.302 e. The molecule has 1 aliphatic rings. The molecule has 5 heteroatoms. The van der Waals surface area contributed by atoms with Gasteiger partial charge >= 0.3 is 5.69 Å². The van der Waals surface area contributed by atoms with Gasteiger partial charge in [-0.3, -0.25) is 4.57 Å². The van der Waals surface area contributed by atoms with E-state index in [1.165, 1.54) is 4.57 Å². The molecule has 0 spiro atoms. The van der Waals surface area contributed by atoms with E-state index in [1.807, 2.05) is 20.0 Å². The van der Waals surface area contributed by atoms with Crippen LogP contribution >= 0.6 is 0 Å². The van der Waals surface area contributed by atoms with Gasteiger partial charge in [-0.1, -0.05) is 6.08 Å². The predicted octanol–water partition coefficient (Wildman–Crippen LogP) is 0.0219. The van der Waals surface area contributed by atoms with E-state index in [0.717, 1.165) is 13.1 Å². The zero-order chi connectivity index (χ0) is 10.1. The number of likely N-dealkylation sites (N-methyl/N-ethyl adjacent to an activating group) is 1. The summed E-state index contributed by atoms with van der Waals surface area (Å²) < 4.78 is 3.05. The Balaban J connectivity index is 2.24. The molecule has 0 atom stereocenters. The molecular weight excluding hydrogens is 180 g/mol. The Morgan fingerprint density at radius 2 is 2.29 bits per heavy atom. The number of aromatic nitrogens is 3. The Morgan fingerprint density at radius 1 is 1.57 bits per heavy atom. The highest BCUT2D eigenvalue weighted by molar-refractivity contribution is 5.18. The van der Waals surface area contributed by atoms with Crippen LogP contribution in [0, 0.1) is 0 Å². The van der Waals surface area contributed by atoms with E-state index >= 15 is 0 Å². The van der Waals surface area contributed by atoms with Crippen molar-refractivity contribution in [3.63, 3.8) is 0 Å². The zero-order valence-electron chi connectivity index (χ0n) is 8.42. The maximum atomic E-state index is 11.7. The summed E-state index contributed by atoms with van der Waals surface area (Å²) in [6.45, 7) is 3.69. The molecule has 2 heterocycles. The van der Waals surface area contributed by atoms with Gasteiger partial charge in [0.1, 0.15) is 6.33 Å². The molecule has 1 aromatic heterocycles. The summed E-state index contributed by atoms with van der Waals surface area (Å²) in [5.74, 6) is 0. The number of hydrogen-bond donors (Lipinski definition) is 0. The molecule has 0 bridgehead atoms. The van der Waals surface area contributed by atoms with E-state index in [4.69, 9.17) is 0 Å². The fraction of sp³-hybridized carbons (Fsp3) is 0.556. The first-order valence-electron chi connectivity index (χ1n) is 4.69. The molecule has 1 aliphatic heterocycles. The van der Waals surface area contributed by atoms with Gasteiger partial charge in [-0.05, 0) is 14.0 Å². The average Bonchev–Trinajstić information content (AvgIpc) is 2.44. The minimum atomic E-state index is -0.0544. The predicted molar refractivity (Wildman–Crippen MR) is 54.0 cm³/mol. The van der Waals surface area contributed by atoms with Crippen molar-refractivity contribution in [1.82, 2.24) is 19.2 Å². The number of rotatable bonds is 2. The molecule has 14 heavy (non-hydrogen) atoms. The van der Waals surface area contributed by atoms with Gasteiger partial charge < -0.3 is 4.90 Å². The van der Waals surface area contributed by atoms with E-state index in [9.17, 15) is 4.79 Å². The highest BCUT2D eigenvalue weighted by atomic mass is 16.2. The van der Waals surface area contributed by atoms with Crippen LogP contribution in [-0.4, -0.2) is 39.4 Å². The van der Waals surface area contributed by atoms with Crippen molar-refractivity contribution < 1.29 is 0 Å². The Bertz CT molecular complexity index is 397. The topological polar surface area (TPSA) is 43.1 Å². The zero-order valence-corrected chi connectivity index (χ0v) is 8.42. The number of hydrogen-bond acceptors (Lipinski definition) is 3. The van der Waals surface area contributed by atoms with Crippen molar-refractivity contribution >= 4 is 6.20 Å². The molecule has 2 rings (SSSR count). The molecule has 0 unspecified atom stereocenters. The Kier molecular flexibility index (Phi) is 2.25. The lowest BCUT2D eigenvalue weighted by atomic mass is 10.1. The molecule has 0 saturated carbocycles. The van der Waals surface area contributed by atoms with Gasteiger partial charge in [0.15, 0.2) is 0 Å². The van der Waals surface area contributed by atoms with Crippen LogP contribution in [0.15, 0.2) is 17.2 Å². The monoisotopic (exact) mass is 194 g/mol. The van der Waals surface area contributed by atoms with E-state index in [0.29, 0.717) is 0 Å². The number of allylic oxidation sites excluding steroid dienone is 1. The highest BCUT2D eigenvalue weighted by Crippen LogP contribution is 2.15. The standard InChI is InChI=1S/C9H14N4O/c1-3-4-12-7-10-13(9(12)14)8-5-11(2)6-8/h3-4,7-8H,5-6H2,1-2H3/b4-3+. The second-order valence-electron chi connectivity index (χ2n) is 3.62. The highest BCUT2D eigenvalue weighted by Gasteiger charge is 2.27. The normalized spacial score (nSPS) is 19.0. The molecule has 76 valence electrons. The average molecular weight is 194 g/mol. The second kappa shape index (κ2) is 3.42. The Hall–Kier alpha value is -1.36. The summed E-state index contributed by atoms with van der Waals surface area (Å²) in [7, 11) is 2.03. The van der Waals surface area contributed by atoms with Gasteiger partial charge in [0, 0.05) is 19.3 Å². The number of nitrogens with zero attached hydrogens (tertiary/aromatic N) is 4. The summed E-state index contributed by atoms with van der Waals surface area (Å²) in [6.07, 6.45) is 5.09. The lowest BCUT2D eigenvalue weighted by Gasteiger charge is -2.35. The maximum Gasteiger partial charge on any atom is 0.350 e. The Morgan fingerprint density at radius 3 is 2.86 bits per heavy atom. The second-order valence-corrected chi connectivity index (χ2v) is 3.62. The van der Waals surface area contributed by atoms with Crippen molar-refractivity contribution in [3.05, 3.63) is 22.9 Å². The molecule has 0 aliphatic carbocycles. The lowest BCUT2D eigenvalue weighted by Crippen LogP contribution is -2.48. The van der Waals surface area contributed by atoms with Crippen LogP contribution in [0.2, 0.25) is 0 Å². The molecule has 1 aromatic rings. The smallest absolute Gasteiger partial charge is 0.302 e. The molecule has 1 saturated heterocycles. The Labute approximate surface area is 82.2 Å². The number of likely N-dealkylation sites (tertiary alicyclic amines) is 1. The van der Waals surface area contributed by atoms with Gasteiger partial charge in [0.2, 0.25) is 0 Å². The summed E-state index contributed by atoms with van der Waals surface area (Å²) in [4.78, 5) is 13.9. The third-order valence-electron chi connectivity index (χ3n) is 2.42. The van der Waals surface area contributed by atoms with Crippen LogP contribution in [0.25, 0.3) is 6.20 Å². The minimum absolute atomic E-state index is 0.0544. The van der Waals surface area contributed by atoms with Crippen LogP contribution in [-0.2, 0) is 0 Å². The van der Waals surface area contributed by atoms with Gasteiger partial charge in [-0.25, -0.2) is 9.48 Å². The van der Waals surface area contributed by atoms with Gasteiger partial charge in [-0.2, -0.15) is 5.10 Å². The van der Waals surface area contributed by atoms with Crippen LogP contribution in [0.4, 0.5) is 0 Å². The summed E-state index contributed by atoms with van der Waals surface area (Å²) in [6, 6.07) is 0.249. The maximum absolute atomic E-state index is 11.7. The van der Waals surface area contributed by atoms with Crippen molar-refractivity contribution in [2.24, 2.45) is 0 Å².